The van der Waals surface area contributed by atoms with Gasteiger partial charge in [-0.2, -0.15) is 0 Å². The van der Waals surface area contributed by atoms with Crippen molar-refractivity contribution in [1.29, 1.82) is 0 Å². The fourth-order valence-electron chi connectivity index (χ4n) is 2.47. The summed E-state index contributed by atoms with van der Waals surface area (Å²) >= 11 is 0. The molecule has 3 aromatic rings. The van der Waals surface area contributed by atoms with Crippen LogP contribution in [0.2, 0.25) is 0 Å². The van der Waals surface area contributed by atoms with Crippen LogP contribution in [0.4, 0.5) is 11.4 Å². The topological polar surface area (TPSA) is 75.3 Å². The predicted molar refractivity (Wildman–Crippen MR) is 96.8 cm³/mol. The third kappa shape index (κ3) is 3.72. The molecule has 0 fully saturated rings. The number of fused-ring (bicyclic) bond motifs is 1. The number of carbonyl (C=O) groups is 1. The summed E-state index contributed by atoms with van der Waals surface area (Å²) in [6, 6.07) is 19.8. The molecule has 0 spiro atoms. The van der Waals surface area contributed by atoms with Gasteiger partial charge < -0.3 is 5.32 Å². The lowest BCUT2D eigenvalue weighted by Gasteiger charge is -2.10. The molecule has 3 aromatic carbocycles. The summed E-state index contributed by atoms with van der Waals surface area (Å²) in [4.78, 5) is 12.5. The first-order valence-corrected chi connectivity index (χ1v) is 9.18. The summed E-state index contributed by atoms with van der Waals surface area (Å²) in [6.45, 7) is 0. The molecule has 0 unspecified atom stereocenters. The number of hydrogen-bond acceptors (Lipinski definition) is 3. The van der Waals surface area contributed by atoms with E-state index in [1.807, 2.05) is 42.5 Å². The van der Waals surface area contributed by atoms with Crippen molar-refractivity contribution in [1.82, 2.24) is 0 Å². The van der Waals surface area contributed by atoms with Crippen LogP contribution < -0.4 is 10.0 Å². The Morgan fingerprint density at radius 2 is 1.62 bits per heavy atom. The molecule has 2 N–H and O–H groups in total. The lowest BCUT2D eigenvalue weighted by Crippen LogP contribution is -2.14. The fraction of sp³-hybridized carbons (Fsp3) is 0.0556. The third-order valence-electron chi connectivity index (χ3n) is 3.47. The molecule has 122 valence electrons. The second-order valence-electron chi connectivity index (χ2n) is 5.44. The molecule has 0 aliphatic carbocycles. The Bertz CT molecular complexity index is 1010. The molecule has 0 aliphatic rings. The Morgan fingerprint density at radius 3 is 2.42 bits per heavy atom. The Balaban J connectivity index is 1.88. The molecule has 6 heteroatoms. The van der Waals surface area contributed by atoms with E-state index in [0.29, 0.717) is 16.9 Å². The zero-order valence-corrected chi connectivity index (χ0v) is 13.8. The van der Waals surface area contributed by atoms with Crippen molar-refractivity contribution >= 4 is 38.1 Å². The molecule has 3 rings (SSSR count). The van der Waals surface area contributed by atoms with Gasteiger partial charge in [0.2, 0.25) is 10.0 Å². The van der Waals surface area contributed by atoms with Gasteiger partial charge in [0.05, 0.1) is 6.26 Å². The standard InChI is InChI=1S/C18H16N2O3S/c1-24(22,23)20-15-9-4-8-14(12-15)18(21)19-17-11-5-7-13-6-2-3-10-16(13)17/h2-12,20H,1H3,(H,19,21). The largest absolute Gasteiger partial charge is 0.321 e. The highest BCUT2D eigenvalue weighted by Gasteiger charge is 2.10. The smallest absolute Gasteiger partial charge is 0.255 e. The van der Waals surface area contributed by atoms with E-state index in [2.05, 4.69) is 10.0 Å². The van der Waals surface area contributed by atoms with Gasteiger partial charge in [0.15, 0.2) is 0 Å². The van der Waals surface area contributed by atoms with E-state index in [9.17, 15) is 13.2 Å². The summed E-state index contributed by atoms with van der Waals surface area (Å²) < 4.78 is 25.0. The zero-order valence-electron chi connectivity index (χ0n) is 13.0. The minimum absolute atomic E-state index is 0.302. The van der Waals surface area contributed by atoms with E-state index in [1.54, 1.807) is 18.2 Å². The third-order valence-corrected chi connectivity index (χ3v) is 4.07. The zero-order chi connectivity index (χ0) is 17.2. The SMILES string of the molecule is CS(=O)(=O)Nc1cccc(C(=O)Nc2cccc3ccccc23)c1. The minimum Gasteiger partial charge on any atom is -0.321 e. The molecule has 0 saturated heterocycles. The highest BCUT2D eigenvalue weighted by atomic mass is 32.2. The van der Waals surface area contributed by atoms with E-state index in [4.69, 9.17) is 0 Å². The molecule has 0 heterocycles. The van der Waals surface area contributed by atoms with E-state index in [1.165, 1.54) is 6.07 Å². The Labute approximate surface area is 140 Å². The number of nitrogens with one attached hydrogen (secondary N) is 2. The van der Waals surface area contributed by atoms with Crippen LogP contribution in [0.1, 0.15) is 10.4 Å². The maximum absolute atomic E-state index is 12.5. The molecule has 0 radical (unpaired) electrons. The first kappa shape index (κ1) is 16.0. The highest BCUT2D eigenvalue weighted by molar-refractivity contribution is 7.92. The molecule has 0 aromatic heterocycles. The Kier molecular flexibility index (Phi) is 4.22. The van der Waals surface area contributed by atoms with Crippen molar-refractivity contribution in [2.24, 2.45) is 0 Å². The molecule has 0 bridgehead atoms. The number of amides is 1. The predicted octanol–water partition coefficient (Wildman–Crippen LogP) is 3.46. The van der Waals surface area contributed by atoms with Gasteiger partial charge in [0, 0.05) is 22.3 Å². The molecule has 0 aliphatic heterocycles. The van der Waals surface area contributed by atoms with Crippen LogP contribution in [0.3, 0.4) is 0 Å². The maximum Gasteiger partial charge on any atom is 0.255 e. The summed E-state index contributed by atoms with van der Waals surface area (Å²) in [5.74, 6) is -0.302. The lowest BCUT2D eigenvalue weighted by atomic mass is 10.1. The summed E-state index contributed by atoms with van der Waals surface area (Å²) in [5.41, 5.74) is 1.43. The molecule has 0 saturated carbocycles. The summed E-state index contributed by atoms with van der Waals surface area (Å²) in [5, 5.41) is 4.85. The van der Waals surface area contributed by atoms with E-state index in [0.717, 1.165) is 17.0 Å². The van der Waals surface area contributed by atoms with Crippen LogP contribution in [0.15, 0.2) is 66.7 Å². The van der Waals surface area contributed by atoms with Crippen molar-refractivity contribution in [3.63, 3.8) is 0 Å². The number of carbonyl (C=O) groups excluding carboxylic acids is 1. The second-order valence-corrected chi connectivity index (χ2v) is 7.18. The van der Waals surface area contributed by atoms with E-state index in [-0.39, 0.29) is 5.91 Å². The number of sulfonamides is 1. The molecule has 1 amide bonds. The van der Waals surface area contributed by atoms with Crippen LogP contribution in [-0.2, 0) is 10.0 Å². The monoisotopic (exact) mass is 340 g/mol. The van der Waals surface area contributed by atoms with Gasteiger partial charge in [-0.3, -0.25) is 9.52 Å². The van der Waals surface area contributed by atoms with Crippen LogP contribution in [0.25, 0.3) is 10.8 Å². The maximum atomic E-state index is 12.5. The van der Waals surface area contributed by atoms with Crippen LogP contribution in [-0.4, -0.2) is 20.6 Å². The van der Waals surface area contributed by atoms with Gasteiger partial charge in [-0.05, 0) is 29.7 Å². The Morgan fingerprint density at radius 1 is 0.917 bits per heavy atom. The molecular weight excluding hydrogens is 324 g/mol. The van der Waals surface area contributed by atoms with Gasteiger partial charge >= 0.3 is 0 Å². The van der Waals surface area contributed by atoms with E-state index < -0.39 is 10.0 Å². The van der Waals surface area contributed by atoms with Gasteiger partial charge in [0.25, 0.3) is 5.91 Å². The van der Waals surface area contributed by atoms with Crippen molar-refractivity contribution in [3.8, 4) is 0 Å². The minimum atomic E-state index is -3.39. The molecular formula is C18H16N2O3S. The van der Waals surface area contributed by atoms with Gasteiger partial charge in [-0.1, -0.05) is 42.5 Å². The van der Waals surface area contributed by atoms with Crippen LogP contribution >= 0.6 is 0 Å². The van der Waals surface area contributed by atoms with Crippen molar-refractivity contribution in [2.45, 2.75) is 0 Å². The van der Waals surface area contributed by atoms with Crippen LogP contribution in [0, 0.1) is 0 Å². The number of rotatable bonds is 4. The first-order chi connectivity index (χ1) is 11.4. The number of anilines is 2. The average Bonchev–Trinajstić information content (AvgIpc) is 2.54. The molecule has 24 heavy (non-hydrogen) atoms. The van der Waals surface area contributed by atoms with Gasteiger partial charge in [-0.25, -0.2) is 8.42 Å². The second kappa shape index (κ2) is 6.33. The normalized spacial score (nSPS) is 11.2. The van der Waals surface area contributed by atoms with Gasteiger partial charge in [0.1, 0.15) is 0 Å². The van der Waals surface area contributed by atoms with Gasteiger partial charge in [-0.15, -0.1) is 0 Å². The lowest BCUT2D eigenvalue weighted by molar-refractivity contribution is 0.102. The van der Waals surface area contributed by atoms with Crippen molar-refractivity contribution in [3.05, 3.63) is 72.3 Å². The average molecular weight is 340 g/mol. The van der Waals surface area contributed by atoms with Crippen molar-refractivity contribution < 1.29 is 13.2 Å². The van der Waals surface area contributed by atoms with Crippen LogP contribution in [0.5, 0.6) is 0 Å². The number of hydrogen-bond donors (Lipinski definition) is 2. The fourth-order valence-corrected chi connectivity index (χ4v) is 3.02. The molecule has 0 atom stereocenters. The summed E-state index contributed by atoms with van der Waals surface area (Å²) in [6.07, 6.45) is 1.07. The first-order valence-electron chi connectivity index (χ1n) is 7.29. The number of benzene rings is 3. The Hall–Kier alpha value is -2.86. The highest BCUT2D eigenvalue weighted by Crippen LogP contribution is 2.23. The summed E-state index contributed by atoms with van der Waals surface area (Å²) in [7, 11) is -3.39. The quantitative estimate of drug-likeness (QED) is 0.764. The van der Waals surface area contributed by atoms with Crippen molar-refractivity contribution in [2.75, 3.05) is 16.3 Å². The van der Waals surface area contributed by atoms with E-state index >= 15 is 0 Å². The molecule has 5 nitrogen and oxygen atoms in total.